The van der Waals surface area contributed by atoms with E-state index in [1.54, 1.807) is 23.5 Å². The van der Waals surface area contributed by atoms with Crippen molar-refractivity contribution in [1.82, 2.24) is 15.3 Å². The van der Waals surface area contributed by atoms with Gasteiger partial charge in [0.25, 0.3) is 0 Å². The number of carbonyl (C=O) groups is 1. The third kappa shape index (κ3) is 4.31. The van der Waals surface area contributed by atoms with Crippen LogP contribution in [0.4, 0.5) is 4.39 Å². The number of carbonyl (C=O) groups excluding carboxylic acids is 1. The van der Waals surface area contributed by atoms with Gasteiger partial charge in [-0.1, -0.05) is 23.9 Å². The molecule has 0 saturated carbocycles. The number of nitrogens with one attached hydrogen (secondary N) is 1. The first-order valence-corrected chi connectivity index (χ1v) is 11.6. The van der Waals surface area contributed by atoms with Crippen LogP contribution in [0.1, 0.15) is 54.6 Å². The van der Waals surface area contributed by atoms with Gasteiger partial charge in [0.15, 0.2) is 0 Å². The van der Waals surface area contributed by atoms with Crippen molar-refractivity contribution < 1.29 is 9.18 Å². The highest BCUT2D eigenvalue weighted by Gasteiger charge is 2.24. The Balaban J connectivity index is 1.53. The molecule has 1 N–H and O–H groups in total. The van der Waals surface area contributed by atoms with E-state index in [-0.39, 0.29) is 23.0 Å². The molecule has 4 nitrogen and oxygen atoms in total. The van der Waals surface area contributed by atoms with Crippen molar-refractivity contribution in [2.24, 2.45) is 0 Å². The third-order valence-electron chi connectivity index (χ3n) is 5.28. The average molecular weight is 430 g/mol. The minimum Gasteiger partial charge on any atom is -0.349 e. The fraction of sp³-hybridized carbons (Fsp3) is 0.409. The number of halogens is 1. The fourth-order valence-corrected chi connectivity index (χ4v) is 6.10. The first-order valence-electron chi connectivity index (χ1n) is 9.93. The molecule has 0 bridgehead atoms. The number of thiophene rings is 1. The number of thioether (sulfide) groups is 1. The van der Waals surface area contributed by atoms with E-state index in [1.165, 1.54) is 47.2 Å². The molecule has 2 unspecified atom stereocenters. The lowest BCUT2D eigenvalue weighted by molar-refractivity contribution is -0.120. The molecule has 1 aromatic carbocycles. The predicted molar refractivity (Wildman–Crippen MR) is 117 cm³/mol. The smallest absolute Gasteiger partial charge is 0.233 e. The average Bonchev–Trinajstić information content (AvgIpc) is 3.06. The number of rotatable bonds is 5. The lowest BCUT2D eigenvalue weighted by Crippen LogP contribution is -2.33. The first-order chi connectivity index (χ1) is 13.9. The standard InChI is InChI=1S/C22H24FN3OS2/c1-12(15-8-10-16(23)11-9-15)24-20(27)13(2)28-21-19-17-6-4-5-7-18(17)29-22(19)26-14(3)25-21/h8-13H,4-7H2,1-3H3,(H,24,27). The summed E-state index contributed by atoms with van der Waals surface area (Å²) in [6.07, 6.45) is 4.61. The van der Waals surface area contributed by atoms with Gasteiger partial charge in [0.2, 0.25) is 5.91 Å². The van der Waals surface area contributed by atoms with E-state index in [2.05, 4.69) is 15.3 Å². The summed E-state index contributed by atoms with van der Waals surface area (Å²) >= 11 is 3.27. The Bertz CT molecular complexity index is 1050. The first kappa shape index (κ1) is 20.3. The van der Waals surface area contributed by atoms with Crippen LogP contribution in [-0.4, -0.2) is 21.1 Å². The van der Waals surface area contributed by atoms with Gasteiger partial charge in [-0.15, -0.1) is 11.3 Å². The molecule has 0 saturated heterocycles. The molecule has 29 heavy (non-hydrogen) atoms. The Morgan fingerprint density at radius 3 is 2.66 bits per heavy atom. The Labute approximate surface area is 178 Å². The zero-order valence-corrected chi connectivity index (χ0v) is 18.4. The van der Waals surface area contributed by atoms with Crippen molar-refractivity contribution in [3.63, 3.8) is 0 Å². The molecule has 4 rings (SSSR count). The van der Waals surface area contributed by atoms with Crippen LogP contribution in [0.5, 0.6) is 0 Å². The summed E-state index contributed by atoms with van der Waals surface area (Å²) < 4.78 is 13.1. The zero-order chi connectivity index (χ0) is 20.5. The van der Waals surface area contributed by atoms with Crippen LogP contribution in [0.15, 0.2) is 29.3 Å². The van der Waals surface area contributed by atoms with E-state index in [4.69, 9.17) is 0 Å². The second kappa shape index (κ2) is 8.40. The molecule has 2 atom stereocenters. The monoisotopic (exact) mass is 429 g/mol. The highest BCUT2D eigenvalue weighted by Crippen LogP contribution is 2.40. The lowest BCUT2D eigenvalue weighted by atomic mass is 9.97. The van der Waals surface area contributed by atoms with Crippen LogP contribution in [0.3, 0.4) is 0 Å². The van der Waals surface area contributed by atoms with E-state index < -0.39 is 0 Å². The molecule has 0 radical (unpaired) electrons. The summed E-state index contributed by atoms with van der Waals surface area (Å²) in [5.74, 6) is 0.407. The quantitative estimate of drug-likeness (QED) is 0.437. The molecule has 0 fully saturated rings. The maximum Gasteiger partial charge on any atom is 0.233 e. The molecular formula is C22H24FN3OS2. The number of benzene rings is 1. The van der Waals surface area contributed by atoms with Crippen LogP contribution in [-0.2, 0) is 17.6 Å². The minimum atomic E-state index is -0.297. The molecule has 7 heteroatoms. The second-order valence-corrected chi connectivity index (χ2v) is 9.92. The number of aryl methyl sites for hydroxylation is 3. The van der Waals surface area contributed by atoms with Crippen LogP contribution in [0.2, 0.25) is 0 Å². The summed E-state index contributed by atoms with van der Waals surface area (Å²) in [5.41, 5.74) is 2.26. The van der Waals surface area contributed by atoms with Crippen LogP contribution < -0.4 is 5.32 Å². The molecule has 0 spiro atoms. The van der Waals surface area contributed by atoms with Gasteiger partial charge in [-0.2, -0.15) is 0 Å². The summed E-state index contributed by atoms with van der Waals surface area (Å²) in [6.45, 7) is 5.72. The molecule has 152 valence electrons. The minimum absolute atomic E-state index is 0.0552. The molecule has 3 aromatic rings. The molecule has 1 aliphatic rings. The van der Waals surface area contributed by atoms with Gasteiger partial charge in [0.1, 0.15) is 21.5 Å². The molecule has 1 amide bonds. The summed E-state index contributed by atoms with van der Waals surface area (Å²) in [4.78, 5) is 24.6. The molecule has 1 aliphatic carbocycles. The van der Waals surface area contributed by atoms with E-state index in [0.717, 1.165) is 39.5 Å². The van der Waals surface area contributed by atoms with Gasteiger partial charge in [0.05, 0.1) is 11.3 Å². The highest BCUT2D eigenvalue weighted by molar-refractivity contribution is 8.00. The Morgan fingerprint density at radius 2 is 1.90 bits per heavy atom. The Hall–Kier alpha value is -1.99. The van der Waals surface area contributed by atoms with Crippen molar-refractivity contribution in [3.05, 3.63) is 51.9 Å². The fourth-order valence-electron chi connectivity index (χ4n) is 3.70. The normalized spacial score (nSPS) is 15.7. The second-order valence-electron chi connectivity index (χ2n) is 7.51. The van der Waals surface area contributed by atoms with Crippen molar-refractivity contribution in [2.45, 2.75) is 62.8 Å². The lowest BCUT2D eigenvalue weighted by Gasteiger charge is -2.18. The van der Waals surface area contributed by atoms with Crippen LogP contribution in [0.25, 0.3) is 10.2 Å². The zero-order valence-electron chi connectivity index (χ0n) is 16.8. The third-order valence-corrected chi connectivity index (χ3v) is 7.55. The van der Waals surface area contributed by atoms with Gasteiger partial charge in [-0.25, -0.2) is 14.4 Å². The van der Waals surface area contributed by atoms with E-state index in [1.807, 2.05) is 20.8 Å². The van der Waals surface area contributed by atoms with Crippen molar-refractivity contribution in [2.75, 3.05) is 0 Å². The maximum atomic E-state index is 13.1. The Kier molecular flexibility index (Phi) is 5.88. The van der Waals surface area contributed by atoms with Gasteiger partial charge in [-0.3, -0.25) is 4.79 Å². The van der Waals surface area contributed by atoms with Crippen molar-refractivity contribution in [1.29, 1.82) is 0 Å². The maximum absolute atomic E-state index is 13.1. The largest absolute Gasteiger partial charge is 0.349 e. The molecule has 2 aromatic heterocycles. The number of hydrogen-bond acceptors (Lipinski definition) is 5. The van der Waals surface area contributed by atoms with Crippen LogP contribution in [0, 0.1) is 12.7 Å². The van der Waals surface area contributed by atoms with Crippen LogP contribution >= 0.6 is 23.1 Å². The van der Waals surface area contributed by atoms with E-state index >= 15 is 0 Å². The topological polar surface area (TPSA) is 54.9 Å². The van der Waals surface area contributed by atoms with Gasteiger partial charge in [-0.05, 0) is 69.7 Å². The van der Waals surface area contributed by atoms with Crippen molar-refractivity contribution in [3.8, 4) is 0 Å². The predicted octanol–water partition coefficient (Wildman–Crippen LogP) is 5.38. The molecular weight excluding hydrogens is 405 g/mol. The van der Waals surface area contributed by atoms with Gasteiger partial charge in [0, 0.05) is 10.3 Å². The number of nitrogens with zero attached hydrogens (tertiary/aromatic N) is 2. The highest BCUT2D eigenvalue weighted by atomic mass is 32.2. The summed E-state index contributed by atoms with van der Waals surface area (Å²) in [6, 6.07) is 6.04. The SMILES string of the molecule is Cc1nc(SC(C)C(=O)NC(C)c2ccc(F)cc2)c2c3c(sc2n1)CCCC3. The van der Waals surface area contributed by atoms with Crippen molar-refractivity contribution >= 4 is 39.2 Å². The molecule has 0 aliphatic heterocycles. The van der Waals surface area contributed by atoms with E-state index in [0.29, 0.717) is 0 Å². The number of fused-ring (bicyclic) bond motifs is 3. The number of hydrogen-bond donors (Lipinski definition) is 1. The molecule has 2 heterocycles. The Morgan fingerprint density at radius 1 is 1.17 bits per heavy atom. The van der Waals surface area contributed by atoms with Gasteiger partial charge < -0.3 is 5.32 Å². The number of aromatic nitrogens is 2. The van der Waals surface area contributed by atoms with Gasteiger partial charge >= 0.3 is 0 Å². The number of amides is 1. The summed E-state index contributed by atoms with van der Waals surface area (Å²) in [5, 5.41) is 4.79. The summed E-state index contributed by atoms with van der Waals surface area (Å²) in [7, 11) is 0. The van der Waals surface area contributed by atoms with E-state index in [9.17, 15) is 9.18 Å².